The van der Waals surface area contributed by atoms with Crippen molar-refractivity contribution in [3.8, 4) is 5.75 Å². The summed E-state index contributed by atoms with van der Waals surface area (Å²) in [4.78, 5) is 4.63. The van der Waals surface area contributed by atoms with Gasteiger partial charge in [-0.15, -0.1) is 0 Å². The highest BCUT2D eigenvalue weighted by atomic mass is 32.2. The summed E-state index contributed by atoms with van der Waals surface area (Å²) in [6, 6.07) is 16.6. The van der Waals surface area contributed by atoms with E-state index in [-0.39, 0.29) is 10.8 Å². The van der Waals surface area contributed by atoms with Gasteiger partial charge in [-0.1, -0.05) is 47.6 Å². The molecule has 1 saturated heterocycles. The van der Waals surface area contributed by atoms with Gasteiger partial charge in [0.15, 0.2) is 5.82 Å². The Balaban J connectivity index is 1.43. The average molecular weight is 399 g/mol. The molecule has 1 fully saturated rings. The molecule has 146 valence electrons. The number of rotatable bonds is 7. The molecule has 0 radical (unpaired) electrons. The van der Waals surface area contributed by atoms with Crippen LogP contribution in [0.4, 0.5) is 0 Å². The standard InChI is InChI=1S/C20H21N3O4S/c1-2-26-17-10-6-7-11-18(17)28(24,25)23-13-16(14-23)20-21-19(22-27-20)12-15-8-4-3-5-9-15/h3-11,16H,2,12-14H2,1H3. The average Bonchev–Trinajstić information content (AvgIpc) is 3.09. The smallest absolute Gasteiger partial charge is 0.246 e. The van der Waals surface area contributed by atoms with Crippen LogP contribution in [0.2, 0.25) is 0 Å². The second kappa shape index (κ2) is 7.73. The number of aromatic nitrogens is 2. The van der Waals surface area contributed by atoms with Crippen LogP contribution in [-0.2, 0) is 16.4 Å². The summed E-state index contributed by atoms with van der Waals surface area (Å²) < 4.78 is 38.1. The minimum atomic E-state index is -3.62. The van der Waals surface area contributed by atoms with E-state index in [2.05, 4.69) is 10.1 Å². The summed E-state index contributed by atoms with van der Waals surface area (Å²) in [7, 11) is -3.62. The third kappa shape index (κ3) is 3.65. The number of para-hydroxylation sites is 1. The molecule has 7 nitrogen and oxygen atoms in total. The monoisotopic (exact) mass is 399 g/mol. The largest absolute Gasteiger partial charge is 0.492 e. The van der Waals surface area contributed by atoms with E-state index < -0.39 is 10.0 Å². The molecule has 0 bridgehead atoms. The fraction of sp³-hybridized carbons (Fsp3) is 0.300. The first kappa shape index (κ1) is 18.6. The topological polar surface area (TPSA) is 85.5 Å². The van der Waals surface area contributed by atoms with E-state index in [0.29, 0.717) is 43.6 Å². The Morgan fingerprint density at radius 2 is 1.82 bits per heavy atom. The SMILES string of the molecule is CCOc1ccccc1S(=O)(=O)N1CC(c2nc(Cc3ccccc3)no2)C1. The summed E-state index contributed by atoms with van der Waals surface area (Å²) >= 11 is 0. The minimum Gasteiger partial charge on any atom is -0.492 e. The highest BCUT2D eigenvalue weighted by Gasteiger charge is 2.41. The van der Waals surface area contributed by atoms with Crippen molar-refractivity contribution >= 4 is 10.0 Å². The van der Waals surface area contributed by atoms with Crippen molar-refractivity contribution in [2.45, 2.75) is 24.2 Å². The van der Waals surface area contributed by atoms with Crippen LogP contribution in [0, 0.1) is 0 Å². The molecule has 0 aliphatic carbocycles. The number of ether oxygens (including phenoxy) is 1. The van der Waals surface area contributed by atoms with Crippen molar-refractivity contribution in [3.63, 3.8) is 0 Å². The summed E-state index contributed by atoms with van der Waals surface area (Å²) in [5.41, 5.74) is 1.10. The van der Waals surface area contributed by atoms with Gasteiger partial charge in [0.05, 0.1) is 12.5 Å². The predicted molar refractivity (Wildman–Crippen MR) is 103 cm³/mol. The molecular weight excluding hydrogens is 378 g/mol. The molecule has 0 unspecified atom stereocenters. The molecule has 0 atom stereocenters. The van der Waals surface area contributed by atoms with Crippen LogP contribution in [-0.4, -0.2) is 42.6 Å². The van der Waals surface area contributed by atoms with Gasteiger partial charge >= 0.3 is 0 Å². The lowest BCUT2D eigenvalue weighted by atomic mass is 10.0. The Morgan fingerprint density at radius 3 is 2.57 bits per heavy atom. The maximum absolute atomic E-state index is 12.9. The lowest BCUT2D eigenvalue weighted by Gasteiger charge is -2.36. The van der Waals surface area contributed by atoms with Gasteiger partial charge < -0.3 is 9.26 Å². The van der Waals surface area contributed by atoms with Gasteiger partial charge in [-0.25, -0.2) is 8.42 Å². The first-order chi connectivity index (χ1) is 13.6. The molecule has 28 heavy (non-hydrogen) atoms. The number of benzene rings is 2. The Kier molecular flexibility index (Phi) is 5.15. The molecule has 0 saturated carbocycles. The van der Waals surface area contributed by atoms with Crippen molar-refractivity contribution in [2.24, 2.45) is 0 Å². The normalized spacial score (nSPS) is 15.3. The van der Waals surface area contributed by atoms with Crippen molar-refractivity contribution in [2.75, 3.05) is 19.7 Å². The quantitative estimate of drug-likeness (QED) is 0.607. The molecule has 4 rings (SSSR count). The third-order valence-corrected chi connectivity index (χ3v) is 6.52. The Labute approximate surface area is 164 Å². The molecule has 1 aliphatic heterocycles. The highest BCUT2D eigenvalue weighted by Crippen LogP contribution is 2.34. The summed E-state index contributed by atoms with van der Waals surface area (Å²) in [6.07, 6.45) is 0.584. The van der Waals surface area contributed by atoms with E-state index in [1.807, 2.05) is 37.3 Å². The van der Waals surface area contributed by atoms with Gasteiger partial charge in [-0.2, -0.15) is 9.29 Å². The lowest BCUT2D eigenvalue weighted by Crippen LogP contribution is -2.48. The molecular formula is C20H21N3O4S. The zero-order chi connectivity index (χ0) is 19.6. The zero-order valence-corrected chi connectivity index (χ0v) is 16.3. The van der Waals surface area contributed by atoms with Gasteiger partial charge in [0.1, 0.15) is 10.6 Å². The Bertz CT molecular complexity index is 1040. The van der Waals surface area contributed by atoms with E-state index in [9.17, 15) is 8.42 Å². The molecule has 2 aromatic carbocycles. The van der Waals surface area contributed by atoms with Crippen molar-refractivity contribution in [1.29, 1.82) is 0 Å². The molecule has 3 aromatic rings. The molecule has 0 spiro atoms. The van der Waals surface area contributed by atoms with Gasteiger partial charge in [0, 0.05) is 19.5 Å². The Hall–Kier alpha value is -2.71. The van der Waals surface area contributed by atoms with Crippen molar-refractivity contribution in [3.05, 3.63) is 71.9 Å². The fourth-order valence-electron chi connectivity index (χ4n) is 3.15. The third-order valence-electron chi connectivity index (χ3n) is 4.65. The van der Waals surface area contributed by atoms with Crippen LogP contribution in [0.3, 0.4) is 0 Å². The molecule has 0 N–H and O–H groups in total. The summed E-state index contributed by atoms with van der Waals surface area (Å²) in [5, 5.41) is 4.02. The van der Waals surface area contributed by atoms with Crippen LogP contribution in [0.1, 0.15) is 30.1 Å². The van der Waals surface area contributed by atoms with E-state index >= 15 is 0 Å². The first-order valence-electron chi connectivity index (χ1n) is 9.16. The van der Waals surface area contributed by atoms with Gasteiger partial charge in [-0.3, -0.25) is 0 Å². The van der Waals surface area contributed by atoms with Gasteiger partial charge in [0.2, 0.25) is 15.9 Å². The van der Waals surface area contributed by atoms with E-state index in [1.54, 1.807) is 24.3 Å². The number of sulfonamides is 1. The highest BCUT2D eigenvalue weighted by molar-refractivity contribution is 7.89. The summed E-state index contributed by atoms with van der Waals surface area (Å²) in [5.74, 6) is 1.36. The fourth-order valence-corrected chi connectivity index (χ4v) is 4.81. The number of hydrogen-bond donors (Lipinski definition) is 0. The van der Waals surface area contributed by atoms with Crippen molar-refractivity contribution < 1.29 is 17.7 Å². The molecule has 1 aromatic heterocycles. The van der Waals surface area contributed by atoms with E-state index in [1.165, 1.54) is 4.31 Å². The molecule has 2 heterocycles. The zero-order valence-electron chi connectivity index (χ0n) is 15.5. The second-order valence-electron chi connectivity index (χ2n) is 6.61. The van der Waals surface area contributed by atoms with Crippen LogP contribution in [0.5, 0.6) is 5.75 Å². The lowest BCUT2D eigenvalue weighted by molar-refractivity contribution is 0.215. The maximum atomic E-state index is 12.9. The van der Waals surface area contributed by atoms with E-state index in [0.717, 1.165) is 5.56 Å². The van der Waals surface area contributed by atoms with Crippen LogP contribution in [0.25, 0.3) is 0 Å². The number of hydrogen-bond acceptors (Lipinski definition) is 6. The predicted octanol–water partition coefficient (Wildman–Crippen LogP) is 2.85. The Morgan fingerprint density at radius 1 is 1.11 bits per heavy atom. The van der Waals surface area contributed by atoms with E-state index in [4.69, 9.17) is 9.26 Å². The van der Waals surface area contributed by atoms with Gasteiger partial charge in [-0.05, 0) is 24.6 Å². The summed E-state index contributed by atoms with van der Waals surface area (Å²) in [6.45, 7) is 2.86. The van der Waals surface area contributed by atoms with Crippen LogP contribution < -0.4 is 4.74 Å². The number of nitrogens with zero attached hydrogens (tertiary/aromatic N) is 3. The second-order valence-corrected chi connectivity index (χ2v) is 8.52. The molecule has 1 aliphatic rings. The van der Waals surface area contributed by atoms with Crippen molar-refractivity contribution in [1.82, 2.24) is 14.4 Å². The first-order valence-corrected chi connectivity index (χ1v) is 10.6. The minimum absolute atomic E-state index is 0.0916. The molecule has 0 amide bonds. The van der Waals surface area contributed by atoms with Gasteiger partial charge in [0.25, 0.3) is 0 Å². The van der Waals surface area contributed by atoms with Crippen LogP contribution in [0.15, 0.2) is 64.0 Å². The molecule has 8 heteroatoms. The maximum Gasteiger partial charge on any atom is 0.246 e. The van der Waals surface area contributed by atoms with Crippen LogP contribution >= 0.6 is 0 Å².